The van der Waals surface area contributed by atoms with Gasteiger partial charge in [0.15, 0.2) is 0 Å². The van der Waals surface area contributed by atoms with Crippen LogP contribution in [0.2, 0.25) is 0 Å². The van der Waals surface area contributed by atoms with Crippen molar-refractivity contribution in [3.63, 3.8) is 0 Å². The van der Waals surface area contributed by atoms with E-state index < -0.39 is 0 Å². The highest BCUT2D eigenvalue weighted by Crippen LogP contribution is 2.21. The lowest BCUT2D eigenvalue weighted by atomic mass is 10.3. The lowest BCUT2D eigenvalue weighted by molar-refractivity contribution is -0.140. The Labute approximate surface area is 127 Å². The quantitative estimate of drug-likeness (QED) is 0.697. The van der Waals surface area contributed by atoms with Gasteiger partial charge in [0.2, 0.25) is 11.7 Å². The summed E-state index contributed by atoms with van der Waals surface area (Å²) in [4.78, 5) is 18.5. The number of esters is 1. The number of hydrogen-bond acceptors (Lipinski definition) is 7. The van der Waals surface area contributed by atoms with Gasteiger partial charge in [-0.15, -0.1) is 11.3 Å². The predicted octanol–water partition coefficient (Wildman–Crippen LogP) is 2.23. The Morgan fingerprint density at radius 1 is 1.48 bits per heavy atom. The molecule has 0 aliphatic carbocycles. The average Bonchev–Trinajstić information content (AvgIpc) is 3.15. The van der Waals surface area contributed by atoms with Gasteiger partial charge in [0.1, 0.15) is 0 Å². The molecule has 0 aromatic carbocycles. The first-order valence-corrected chi connectivity index (χ1v) is 7.69. The fourth-order valence-electron chi connectivity index (χ4n) is 1.86. The van der Waals surface area contributed by atoms with Crippen molar-refractivity contribution in [3.05, 3.63) is 23.4 Å². The van der Waals surface area contributed by atoms with Crippen molar-refractivity contribution in [3.8, 4) is 10.7 Å². The molecule has 0 unspecified atom stereocenters. The molecule has 2 aromatic heterocycles. The first-order valence-electron chi connectivity index (χ1n) is 6.81. The van der Waals surface area contributed by atoms with Crippen LogP contribution < -0.4 is 0 Å². The molecule has 0 saturated carbocycles. The molecule has 2 rings (SSSR count). The molecule has 2 aromatic rings. The molecule has 0 saturated heterocycles. The maximum Gasteiger partial charge on any atom is 0.306 e. The Morgan fingerprint density at radius 3 is 3.05 bits per heavy atom. The summed E-state index contributed by atoms with van der Waals surface area (Å²) in [5.41, 5.74) is 0. The molecule has 0 fully saturated rings. The summed E-state index contributed by atoms with van der Waals surface area (Å²) < 4.78 is 9.85. The van der Waals surface area contributed by atoms with Crippen LogP contribution in [-0.4, -0.2) is 48.3 Å². The zero-order chi connectivity index (χ0) is 15.1. The largest absolute Gasteiger partial charge is 0.469 e. The standard InChI is InChI=1S/C14H19N3O3S/c1-17(9-7-13(18)19-2)8-3-6-12-15-14(16-20-12)11-5-4-10-21-11/h4-5,10H,3,6-9H2,1-2H3. The molecule has 6 nitrogen and oxygen atoms in total. The number of nitrogens with zero attached hydrogens (tertiary/aromatic N) is 3. The zero-order valence-electron chi connectivity index (χ0n) is 12.2. The first-order chi connectivity index (χ1) is 10.2. The molecule has 0 aliphatic heterocycles. The number of ether oxygens (including phenoxy) is 1. The number of carbonyl (C=O) groups is 1. The molecular formula is C14H19N3O3S. The second-order valence-corrected chi connectivity index (χ2v) is 5.67. The van der Waals surface area contributed by atoms with E-state index >= 15 is 0 Å². The molecule has 114 valence electrons. The highest BCUT2D eigenvalue weighted by atomic mass is 32.1. The highest BCUT2D eigenvalue weighted by Gasteiger charge is 2.10. The van der Waals surface area contributed by atoms with Crippen LogP contribution in [0.25, 0.3) is 10.7 Å². The summed E-state index contributed by atoms with van der Waals surface area (Å²) >= 11 is 1.59. The molecule has 0 spiro atoms. The van der Waals surface area contributed by atoms with E-state index in [0.717, 1.165) is 24.3 Å². The van der Waals surface area contributed by atoms with E-state index in [1.54, 1.807) is 11.3 Å². The number of methoxy groups -OCH3 is 1. The second kappa shape index (κ2) is 7.90. The predicted molar refractivity (Wildman–Crippen MR) is 80.1 cm³/mol. The Kier molecular flexibility index (Phi) is 5.89. The molecule has 0 amide bonds. The third-order valence-electron chi connectivity index (χ3n) is 3.07. The van der Waals surface area contributed by atoms with E-state index in [1.807, 2.05) is 24.6 Å². The Morgan fingerprint density at radius 2 is 2.33 bits per heavy atom. The molecule has 21 heavy (non-hydrogen) atoms. The van der Waals surface area contributed by atoms with Gasteiger partial charge in [0.05, 0.1) is 18.4 Å². The van der Waals surface area contributed by atoms with E-state index in [2.05, 4.69) is 19.8 Å². The molecule has 0 N–H and O–H groups in total. The van der Waals surface area contributed by atoms with Crippen molar-refractivity contribution in [2.45, 2.75) is 19.3 Å². The van der Waals surface area contributed by atoms with Crippen molar-refractivity contribution in [2.75, 3.05) is 27.2 Å². The van der Waals surface area contributed by atoms with Crippen LogP contribution in [0, 0.1) is 0 Å². The van der Waals surface area contributed by atoms with Crippen molar-refractivity contribution in [1.29, 1.82) is 0 Å². The van der Waals surface area contributed by atoms with Crippen molar-refractivity contribution in [1.82, 2.24) is 15.0 Å². The van der Waals surface area contributed by atoms with Gasteiger partial charge in [-0.2, -0.15) is 4.98 Å². The van der Waals surface area contributed by atoms with Crippen LogP contribution in [0.1, 0.15) is 18.7 Å². The Bertz CT molecular complexity index is 554. The van der Waals surface area contributed by atoms with Gasteiger partial charge < -0.3 is 14.2 Å². The van der Waals surface area contributed by atoms with Crippen LogP contribution in [-0.2, 0) is 16.0 Å². The average molecular weight is 309 g/mol. The number of thiophene rings is 1. The second-order valence-electron chi connectivity index (χ2n) is 4.72. The fraction of sp³-hybridized carbons (Fsp3) is 0.500. The van der Waals surface area contributed by atoms with Crippen LogP contribution in [0.4, 0.5) is 0 Å². The molecule has 0 bridgehead atoms. The summed E-state index contributed by atoms with van der Waals surface area (Å²) in [5.74, 6) is 1.12. The minimum absolute atomic E-state index is 0.181. The minimum atomic E-state index is -0.181. The maximum absolute atomic E-state index is 11.0. The molecule has 0 aliphatic rings. The molecule has 7 heteroatoms. The first kappa shape index (κ1) is 15.7. The zero-order valence-corrected chi connectivity index (χ0v) is 13.1. The molecular weight excluding hydrogens is 290 g/mol. The van der Waals surface area contributed by atoms with E-state index in [1.165, 1.54) is 7.11 Å². The van der Waals surface area contributed by atoms with Gasteiger partial charge in [-0.25, -0.2) is 0 Å². The van der Waals surface area contributed by atoms with Crippen LogP contribution in [0.5, 0.6) is 0 Å². The summed E-state index contributed by atoms with van der Waals surface area (Å²) in [6.07, 6.45) is 2.06. The van der Waals surface area contributed by atoms with E-state index in [9.17, 15) is 4.79 Å². The van der Waals surface area contributed by atoms with E-state index in [4.69, 9.17) is 4.52 Å². The monoisotopic (exact) mass is 309 g/mol. The lowest BCUT2D eigenvalue weighted by Crippen LogP contribution is -2.23. The number of aromatic nitrogens is 2. The van der Waals surface area contributed by atoms with Gasteiger partial charge >= 0.3 is 5.97 Å². The maximum atomic E-state index is 11.0. The van der Waals surface area contributed by atoms with Crippen LogP contribution >= 0.6 is 11.3 Å². The van der Waals surface area contributed by atoms with Gasteiger partial charge in [-0.05, 0) is 31.5 Å². The van der Waals surface area contributed by atoms with Crippen molar-refractivity contribution < 1.29 is 14.1 Å². The summed E-state index contributed by atoms with van der Waals surface area (Å²) in [5, 5.41) is 5.96. The topological polar surface area (TPSA) is 68.5 Å². The summed E-state index contributed by atoms with van der Waals surface area (Å²) in [6, 6.07) is 3.94. The Balaban J connectivity index is 1.70. The molecule has 0 radical (unpaired) electrons. The van der Waals surface area contributed by atoms with E-state index in [-0.39, 0.29) is 5.97 Å². The molecule has 2 heterocycles. The normalized spacial score (nSPS) is 11.0. The van der Waals surface area contributed by atoms with Gasteiger partial charge in [0, 0.05) is 13.0 Å². The van der Waals surface area contributed by atoms with Crippen molar-refractivity contribution >= 4 is 17.3 Å². The summed E-state index contributed by atoms with van der Waals surface area (Å²) in [6.45, 7) is 1.56. The summed E-state index contributed by atoms with van der Waals surface area (Å²) in [7, 11) is 3.39. The third-order valence-corrected chi connectivity index (χ3v) is 3.93. The van der Waals surface area contributed by atoms with Crippen molar-refractivity contribution in [2.24, 2.45) is 0 Å². The fourth-order valence-corrected chi connectivity index (χ4v) is 2.51. The number of hydrogen-bond donors (Lipinski definition) is 0. The smallest absolute Gasteiger partial charge is 0.306 e. The highest BCUT2D eigenvalue weighted by molar-refractivity contribution is 7.13. The molecule has 0 atom stereocenters. The van der Waals surface area contributed by atoms with Crippen LogP contribution in [0.3, 0.4) is 0 Å². The number of carbonyl (C=O) groups excluding carboxylic acids is 1. The number of rotatable bonds is 8. The third kappa shape index (κ3) is 4.95. The van der Waals surface area contributed by atoms with Gasteiger partial charge in [-0.3, -0.25) is 4.79 Å². The van der Waals surface area contributed by atoms with Gasteiger partial charge in [0.25, 0.3) is 0 Å². The SMILES string of the molecule is COC(=O)CCN(C)CCCc1nc(-c2cccs2)no1. The Hall–Kier alpha value is -1.73. The minimum Gasteiger partial charge on any atom is -0.469 e. The lowest BCUT2D eigenvalue weighted by Gasteiger charge is -2.14. The van der Waals surface area contributed by atoms with Gasteiger partial charge in [-0.1, -0.05) is 11.2 Å². The van der Waals surface area contributed by atoms with Crippen LogP contribution in [0.15, 0.2) is 22.0 Å². The van der Waals surface area contributed by atoms with E-state index in [0.29, 0.717) is 24.7 Å². The number of aryl methyl sites for hydroxylation is 1.